The van der Waals surface area contributed by atoms with E-state index < -0.39 is 0 Å². The Hall–Kier alpha value is -1.06. The smallest absolute Gasteiger partial charge is 0.225 e. The number of hydrogen-bond donors (Lipinski definition) is 2. The summed E-state index contributed by atoms with van der Waals surface area (Å²) in [7, 11) is 0. The molecule has 1 aromatic rings. The summed E-state index contributed by atoms with van der Waals surface area (Å²) in [5.74, 6) is 0.568. The quantitative estimate of drug-likeness (QED) is 0.882. The van der Waals surface area contributed by atoms with E-state index in [4.69, 9.17) is 11.6 Å². The second kappa shape index (κ2) is 5.72. The molecule has 1 saturated heterocycles. The molecule has 3 nitrogen and oxygen atoms in total. The van der Waals surface area contributed by atoms with Crippen molar-refractivity contribution in [3.05, 3.63) is 34.9 Å². The molecule has 0 radical (unpaired) electrons. The van der Waals surface area contributed by atoms with Gasteiger partial charge in [0.25, 0.3) is 0 Å². The van der Waals surface area contributed by atoms with Gasteiger partial charge in [-0.1, -0.05) is 36.7 Å². The molecule has 18 heavy (non-hydrogen) atoms. The second-order valence-corrected chi connectivity index (χ2v) is 5.40. The Bertz CT molecular complexity index is 436. The molecule has 0 spiro atoms. The summed E-state index contributed by atoms with van der Waals surface area (Å²) in [5.41, 5.74) is 0.964. The maximum Gasteiger partial charge on any atom is 0.225 e. The van der Waals surface area contributed by atoms with E-state index in [1.165, 1.54) is 0 Å². The van der Waals surface area contributed by atoms with Crippen LogP contribution in [0.3, 0.4) is 0 Å². The summed E-state index contributed by atoms with van der Waals surface area (Å²) in [5, 5.41) is 6.98. The van der Waals surface area contributed by atoms with Crippen LogP contribution in [-0.4, -0.2) is 19.0 Å². The second-order valence-electron chi connectivity index (χ2n) is 4.99. The minimum Gasteiger partial charge on any atom is -0.349 e. The number of benzene rings is 1. The fourth-order valence-corrected chi connectivity index (χ4v) is 2.68. The van der Waals surface area contributed by atoms with Crippen LogP contribution in [0.5, 0.6) is 0 Å². The van der Waals surface area contributed by atoms with Gasteiger partial charge >= 0.3 is 0 Å². The van der Waals surface area contributed by atoms with Gasteiger partial charge in [0.2, 0.25) is 5.91 Å². The van der Waals surface area contributed by atoms with Crippen molar-refractivity contribution in [2.75, 3.05) is 13.1 Å². The van der Waals surface area contributed by atoms with E-state index in [9.17, 15) is 4.79 Å². The van der Waals surface area contributed by atoms with Crippen LogP contribution in [-0.2, 0) is 4.79 Å². The Morgan fingerprint density at radius 2 is 2.17 bits per heavy atom. The van der Waals surface area contributed by atoms with Crippen LogP contribution in [0.2, 0.25) is 5.02 Å². The predicted molar refractivity (Wildman–Crippen MR) is 73.5 cm³/mol. The van der Waals surface area contributed by atoms with Crippen molar-refractivity contribution >= 4 is 17.5 Å². The minimum atomic E-state index is -0.0565. The van der Waals surface area contributed by atoms with Gasteiger partial charge < -0.3 is 10.6 Å². The monoisotopic (exact) mass is 266 g/mol. The van der Waals surface area contributed by atoms with Gasteiger partial charge in [0, 0.05) is 11.6 Å². The molecule has 0 unspecified atom stereocenters. The van der Waals surface area contributed by atoms with Crippen molar-refractivity contribution in [3.8, 4) is 0 Å². The minimum absolute atomic E-state index is 0.0565. The molecule has 0 saturated carbocycles. The van der Waals surface area contributed by atoms with Gasteiger partial charge in [-0.05, 0) is 31.0 Å². The zero-order valence-electron chi connectivity index (χ0n) is 10.7. The fraction of sp³-hybridized carbons (Fsp3) is 0.500. The zero-order valence-corrected chi connectivity index (χ0v) is 11.5. The molecule has 0 aliphatic carbocycles. The number of nitrogens with one attached hydrogen (secondary N) is 2. The Morgan fingerprint density at radius 1 is 1.44 bits per heavy atom. The average Bonchev–Trinajstić information content (AvgIpc) is 2.76. The third-order valence-electron chi connectivity index (χ3n) is 3.58. The first kappa shape index (κ1) is 13.4. The molecule has 0 aromatic heterocycles. The lowest BCUT2D eigenvalue weighted by molar-refractivity contribution is -0.126. The lowest BCUT2D eigenvalue weighted by atomic mass is 9.96. The van der Waals surface area contributed by atoms with Crippen LogP contribution in [0.15, 0.2) is 24.3 Å². The van der Waals surface area contributed by atoms with Crippen LogP contribution in [0.25, 0.3) is 0 Å². The number of carbonyl (C=O) groups is 1. The van der Waals surface area contributed by atoms with Crippen molar-refractivity contribution in [2.45, 2.75) is 19.9 Å². The molecule has 1 fully saturated rings. The number of amides is 1. The molecule has 0 bridgehead atoms. The zero-order chi connectivity index (χ0) is 13.1. The first-order valence-electron chi connectivity index (χ1n) is 6.35. The highest BCUT2D eigenvalue weighted by atomic mass is 35.5. The van der Waals surface area contributed by atoms with E-state index in [0.717, 1.165) is 18.7 Å². The van der Waals surface area contributed by atoms with Crippen LogP contribution in [0.1, 0.15) is 25.5 Å². The van der Waals surface area contributed by atoms with Gasteiger partial charge in [0.1, 0.15) is 0 Å². The summed E-state index contributed by atoms with van der Waals surface area (Å²) in [6, 6.07) is 7.56. The molecule has 2 rings (SSSR count). The van der Waals surface area contributed by atoms with E-state index >= 15 is 0 Å². The molecular weight excluding hydrogens is 248 g/mol. The Morgan fingerprint density at radius 3 is 2.78 bits per heavy atom. The molecule has 1 heterocycles. The number of halogens is 1. The highest BCUT2D eigenvalue weighted by Crippen LogP contribution is 2.23. The highest BCUT2D eigenvalue weighted by Gasteiger charge is 2.30. The van der Waals surface area contributed by atoms with Crippen molar-refractivity contribution in [1.82, 2.24) is 10.6 Å². The van der Waals surface area contributed by atoms with E-state index in [-0.39, 0.29) is 17.9 Å². The summed E-state index contributed by atoms with van der Waals surface area (Å²) in [4.78, 5) is 12.2. The molecule has 3 atom stereocenters. The van der Waals surface area contributed by atoms with E-state index in [2.05, 4.69) is 17.6 Å². The summed E-state index contributed by atoms with van der Waals surface area (Å²) in [6.45, 7) is 5.75. The van der Waals surface area contributed by atoms with Crippen molar-refractivity contribution in [3.63, 3.8) is 0 Å². The number of rotatable bonds is 3. The Labute approximate surface area is 113 Å². The summed E-state index contributed by atoms with van der Waals surface area (Å²) < 4.78 is 0. The molecule has 1 aliphatic heterocycles. The first-order chi connectivity index (χ1) is 8.59. The highest BCUT2D eigenvalue weighted by molar-refractivity contribution is 6.31. The maximum atomic E-state index is 12.2. The Kier molecular flexibility index (Phi) is 4.25. The largest absolute Gasteiger partial charge is 0.349 e. The van der Waals surface area contributed by atoms with Gasteiger partial charge in [0.15, 0.2) is 0 Å². The summed E-state index contributed by atoms with van der Waals surface area (Å²) >= 11 is 6.13. The van der Waals surface area contributed by atoms with E-state index in [0.29, 0.717) is 10.9 Å². The van der Waals surface area contributed by atoms with Crippen LogP contribution >= 0.6 is 11.6 Å². The van der Waals surface area contributed by atoms with Crippen LogP contribution < -0.4 is 10.6 Å². The molecule has 1 amide bonds. The van der Waals surface area contributed by atoms with Gasteiger partial charge in [0.05, 0.1) is 12.0 Å². The number of hydrogen-bond acceptors (Lipinski definition) is 2. The maximum absolute atomic E-state index is 12.2. The standard InChI is InChI=1S/C14H19ClN2O/c1-9-7-16-8-12(9)14(18)17-10(2)11-5-3-4-6-13(11)15/h3-6,9-10,12,16H,7-8H2,1-2H3,(H,17,18)/t9-,10-,12-/m1/s1. The fourth-order valence-electron chi connectivity index (χ4n) is 2.39. The van der Waals surface area contributed by atoms with Crippen LogP contribution in [0.4, 0.5) is 0 Å². The van der Waals surface area contributed by atoms with E-state index in [1.54, 1.807) is 0 Å². The summed E-state index contributed by atoms with van der Waals surface area (Å²) in [6.07, 6.45) is 0. The van der Waals surface area contributed by atoms with Crippen molar-refractivity contribution < 1.29 is 4.79 Å². The van der Waals surface area contributed by atoms with Gasteiger partial charge in [-0.2, -0.15) is 0 Å². The van der Waals surface area contributed by atoms with Gasteiger partial charge in [-0.3, -0.25) is 4.79 Å². The topological polar surface area (TPSA) is 41.1 Å². The molecule has 1 aromatic carbocycles. The van der Waals surface area contributed by atoms with Crippen LogP contribution in [0, 0.1) is 11.8 Å². The third-order valence-corrected chi connectivity index (χ3v) is 3.93. The van der Waals surface area contributed by atoms with Crippen molar-refractivity contribution in [1.29, 1.82) is 0 Å². The lowest BCUT2D eigenvalue weighted by Crippen LogP contribution is -2.36. The first-order valence-corrected chi connectivity index (χ1v) is 6.73. The SMILES string of the molecule is C[C@@H]1CNC[C@H]1C(=O)N[C@H](C)c1ccccc1Cl. The van der Waals surface area contributed by atoms with E-state index in [1.807, 2.05) is 31.2 Å². The molecular formula is C14H19ClN2O. The third kappa shape index (κ3) is 2.85. The normalized spacial score (nSPS) is 24.8. The van der Waals surface area contributed by atoms with Crippen molar-refractivity contribution in [2.24, 2.45) is 11.8 Å². The van der Waals surface area contributed by atoms with Gasteiger partial charge in [-0.25, -0.2) is 0 Å². The molecule has 98 valence electrons. The number of carbonyl (C=O) groups excluding carboxylic acids is 1. The average molecular weight is 267 g/mol. The molecule has 4 heteroatoms. The predicted octanol–water partition coefficient (Wildman–Crippen LogP) is 2.37. The molecule has 1 aliphatic rings. The molecule has 2 N–H and O–H groups in total. The van der Waals surface area contributed by atoms with Gasteiger partial charge in [-0.15, -0.1) is 0 Å². The lowest BCUT2D eigenvalue weighted by Gasteiger charge is -2.20. The Balaban J connectivity index is 2.01.